The molecule has 0 unspecified atom stereocenters. The molecule has 5 N–H and O–H groups in total. The lowest BCUT2D eigenvalue weighted by Gasteiger charge is -1.91. The zero-order valence-electron chi connectivity index (χ0n) is 8.91. The van der Waals surface area contributed by atoms with Crippen molar-refractivity contribution in [1.82, 2.24) is 4.72 Å². The highest BCUT2D eigenvalue weighted by Gasteiger charge is 2.31. The van der Waals surface area contributed by atoms with Crippen LogP contribution in [-0.2, 0) is 19.6 Å². The molecule has 0 fully saturated rings. The largest absolute Gasteiger partial charge is 0.361 e. The van der Waals surface area contributed by atoms with Gasteiger partial charge in [-0.15, -0.1) is 0 Å². The maximum absolute atomic E-state index is 11.1. The quantitative estimate of drug-likeness (QED) is 0.470. The van der Waals surface area contributed by atoms with Crippen molar-refractivity contribution in [1.29, 1.82) is 0 Å². The summed E-state index contributed by atoms with van der Waals surface area (Å²) in [5.74, 6) is -2.75. The number of amides is 3. The number of nitrogens with one attached hydrogen (secondary N) is 1. The highest BCUT2D eigenvalue weighted by Crippen LogP contribution is 2.20. The first kappa shape index (κ1) is 13.6. The van der Waals surface area contributed by atoms with Gasteiger partial charge >= 0.3 is 11.8 Å². The summed E-state index contributed by atoms with van der Waals surface area (Å²) >= 11 is 0. The minimum absolute atomic E-state index is 0.0648. The second-order valence-electron chi connectivity index (χ2n) is 3.16. The molecule has 96 valence electrons. The fraction of sp³-hybridized carbons (Fsp3) is 0. The molecule has 9 heteroatoms. The van der Waals surface area contributed by atoms with Crippen molar-refractivity contribution in [2.24, 2.45) is 11.5 Å². The molecule has 8 nitrogen and oxygen atoms in total. The molecule has 0 spiro atoms. The average molecular weight is 271 g/mol. The van der Waals surface area contributed by atoms with E-state index in [0.29, 0.717) is 0 Å². The number of benzene rings is 1. The third-order valence-corrected chi connectivity index (χ3v) is 3.28. The summed E-state index contributed by atoms with van der Waals surface area (Å²) in [6.45, 7) is 0. The van der Waals surface area contributed by atoms with Gasteiger partial charge in [0, 0.05) is 0 Å². The average Bonchev–Trinajstić information content (AvgIpc) is 2.51. The van der Waals surface area contributed by atoms with Gasteiger partial charge < -0.3 is 11.5 Å². The van der Waals surface area contributed by atoms with E-state index in [2.05, 4.69) is 11.5 Å². The van der Waals surface area contributed by atoms with Crippen LogP contribution in [0.4, 0.5) is 0 Å². The molecule has 0 atom stereocenters. The Balaban J connectivity index is 0.000000232. The topological polar surface area (TPSA) is 149 Å². The van der Waals surface area contributed by atoms with Gasteiger partial charge in [-0.25, -0.2) is 13.1 Å². The van der Waals surface area contributed by atoms with E-state index in [1.807, 2.05) is 4.72 Å². The molecular weight excluding hydrogens is 262 g/mol. The van der Waals surface area contributed by atoms with E-state index in [9.17, 15) is 22.8 Å². The van der Waals surface area contributed by atoms with Crippen LogP contribution in [0.1, 0.15) is 10.4 Å². The van der Waals surface area contributed by atoms with Crippen LogP contribution in [0.5, 0.6) is 0 Å². The SMILES string of the molecule is NC(=O)C(N)=O.O=C1NS(=O)(=O)c2ccccc21. The highest BCUT2D eigenvalue weighted by atomic mass is 32.2. The van der Waals surface area contributed by atoms with E-state index in [1.165, 1.54) is 12.1 Å². The minimum Gasteiger partial charge on any atom is -0.361 e. The smallest absolute Gasteiger partial charge is 0.306 e. The van der Waals surface area contributed by atoms with Crippen molar-refractivity contribution in [3.63, 3.8) is 0 Å². The Morgan fingerprint density at radius 2 is 1.56 bits per heavy atom. The number of fused-ring (bicyclic) bond motifs is 1. The molecule has 0 saturated heterocycles. The van der Waals surface area contributed by atoms with Crippen molar-refractivity contribution in [2.45, 2.75) is 4.90 Å². The molecular formula is C9H9N3O5S. The number of primary amides is 2. The van der Waals surface area contributed by atoms with Crippen molar-refractivity contribution < 1.29 is 22.8 Å². The molecule has 0 aliphatic carbocycles. The predicted octanol–water partition coefficient (Wildman–Crippen LogP) is -1.92. The number of hydrogen-bond donors (Lipinski definition) is 3. The molecule has 2 rings (SSSR count). The second-order valence-corrected chi connectivity index (χ2v) is 4.81. The monoisotopic (exact) mass is 271 g/mol. The third-order valence-electron chi connectivity index (χ3n) is 1.89. The molecule has 1 aliphatic rings. The number of nitrogens with two attached hydrogens (primary N) is 2. The van der Waals surface area contributed by atoms with Gasteiger partial charge in [-0.1, -0.05) is 12.1 Å². The van der Waals surface area contributed by atoms with Gasteiger partial charge in [-0.05, 0) is 12.1 Å². The van der Waals surface area contributed by atoms with Crippen molar-refractivity contribution in [2.75, 3.05) is 0 Å². The number of hydrogen-bond acceptors (Lipinski definition) is 5. The fourth-order valence-corrected chi connectivity index (χ4v) is 2.29. The van der Waals surface area contributed by atoms with E-state index in [0.717, 1.165) is 0 Å². The van der Waals surface area contributed by atoms with E-state index in [1.54, 1.807) is 12.1 Å². The number of carbonyl (C=O) groups excluding carboxylic acids is 3. The Morgan fingerprint density at radius 3 is 2.00 bits per heavy atom. The number of rotatable bonds is 0. The summed E-state index contributed by atoms with van der Waals surface area (Å²) in [5, 5.41) is 0. The molecule has 1 heterocycles. The van der Waals surface area contributed by atoms with Crippen LogP contribution in [0.15, 0.2) is 29.2 Å². The summed E-state index contributed by atoms with van der Waals surface area (Å²) in [7, 11) is -3.55. The molecule has 1 aromatic carbocycles. The lowest BCUT2D eigenvalue weighted by molar-refractivity contribution is -0.135. The Hall–Kier alpha value is -2.42. The van der Waals surface area contributed by atoms with Gasteiger partial charge in [-0.2, -0.15) is 0 Å². The standard InChI is InChI=1S/C7H5NO3S.C2H4N2O2/c9-7-5-3-1-2-4-6(5)12(10,11)8-7;3-1(5)2(4)6/h1-4H,(H,8,9);(H2,3,5)(H2,4,6). The summed E-state index contributed by atoms with van der Waals surface area (Å²) in [6, 6.07) is 6.09. The Morgan fingerprint density at radius 1 is 1.06 bits per heavy atom. The minimum atomic E-state index is -3.55. The Kier molecular flexibility index (Phi) is 3.67. The summed E-state index contributed by atoms with van der Waals surface area (Å²) in [6.07, 6.45) is 0. The van der Waals surface area contributed by atoms with Gasteiger partial charge in [0.1, 0.15) is 4.90 Å². The van der Waals surface area contributed by atoms with Gasteiger partial charge in [0.15, 0.2) is 0 Å². The Labute approximate surface area is 102 Å². The van der Waals surface area contributed by atoms with Gasteiger partial charge in [-0.3, -0.25) is 14.4 Å². The molecule has 0 radical (unpaired) electrons. The normalized spacial score (nSPS) is 14.8. The molecule has 18 heavy (non-hydrogen) atoms. The summed E-state index contributed by atoms with van der Waals surface area (Å²) in [5.41, 5.74) is 8.86. The predicted molar refractivity (Wildman–Crippen MR) is 59.5 cm³/mol. The third kappa shape index (κ3) is 2.83. The Bertz CT molecular complexity index is 611. The van der Waals surface area contributed by atoms with Gasteiger partial charge in [0.2, 0.25) is 0 Å². The molecule has 0 saturated carbocycles. The molecule has 0 bridgehead atoms. The van der Waals surface area contributed by atoms with Crippen molar-refractivity contribution in [3.8, 4) is 0 Å². The van der Waals surface area contributed by atoms with E-state index >= 15 is 0 Å². The van der Waals surface area contributed by atoms with Crippen LogP contribution in [0, 0.1) is 0 Å². The fourth-order valence-electron chi connectivity index (χ4n) is 1.12. The van der Waals surface area contributed by atoms with Crippen LogP contribution < -0.4 is 16.2 Å². The second kappa shape index (κ2) is 4.84. The van der Waals surface area contributed by atoms with Crippen LogP contribution in [0.2, 0.25) is 0 Å². The molecule has 0 aromatic heterocycles. The molecule has 1 aliphatic heterocycles. The maximum atomic E-state index is 11.1. The van der Waals surface area contributed by atoms with Crippen LogP contribution >= 0.6 is 0 Å². The van der Waals surface area contributed by atoms with Crippen molar-refractivity contribution >= 4 is 27.7 Å². The highest BCUT2D eigenvalue weighted by molar-refractivity contribution is 7.90. The van der Waals surface area contributed by atoms with Crippen molar-refractivity contribution in [3.05, 3.63) is 29.8 Å². The lowest BCUT2D eigenvalue weighted by Crippen LogP contribution is -2.29. The number of sulfonamides is 1. The van der Waals surface area contributed by atoms with E-state index in [-0.39, 0.29) is 10.5 Å². The zero-order chi connectivity index (χ0) is 13.9. The van der Waals surface area contributed by atoms with Gasteiger partial charge in [0.25, 0.3) is 15.9 Å². The number of carbonyl (C=O) groups is 3. The summed E-state index contributed by atoms with van der Waals surface area (Å²) in [4.78, 5) is 29.9. The first-order chi connectivity index (χ1) is 8.25. The van der Waals surface area contributed by atoms with Crippen LogP contribution in [-0.4, -0.2) is 26.1 Å². The lowest BCUT2D eigenvalue weighted by atomic mass is 10.2. The summed E-state index contributed by atoms with van der Waals surface area (Å²) < 4.78 is 24.2. The van der Waals surface area contributed by atoms with Crippen LogP contribution in [0.3, 0.4) is 0 Å². The first-order valence-electron chi connectivity index (χ1n) is 4.51. The maximum Gasteiger partial charge on any atom is 0.306 e. The zero-order valence-corrected chi connectivity index (χ0v) is 9.73. The van der Waals surface area contributed by atoms with E-state index < -0.39 is 27.7 Å². The van der Waals surface area contributed by atoms with Crippen LogP contribution in [0.25, 0.3) is 0 Å². The molecule has 3 amide bonds. The van der Waals surface area contributed by atoms with E-state index in [4.69, 9.17) is 0 Å². The molecule has 1 aromatic rings. The first-order valence-corrected chi connectivity index (χ1v) is 5.99. The van der Waals surface area contributed by atoms with Gasteiger partial charge in [0.05, 0.1) is 5.56 Å².